The molecule has 1 atom stereocenters. The zero-order valence-corrected chi connectivity index (χ0v) is 10.6. The Bertz CT molecular complexity index is 323. The number of nitrogens with zero attached hydrogens (tertiary/aromatic N) is 2. The summed E-state index contributed by atoms with van der Waals surface area (Å²) >= 11 is 5.85. The smallest absolute Gasteiger partial charge is 0.128 e. The number of aromatic nitrogens is 1. The Labute approximate surface area is 103 Å². The maximum Gasteiger partial charge on any atom is 0.128 e. The van der Waals surface area contributed by atoms with Crippen molar-refractivity contribution in [3.05, 3.63) is 23.4 Å². The number of pyridine rings is 1. The number of halogens is 1. The van der Waals surface area contributed by atoms with Crippen LogP contribution >= 0.6 is 11.6 Å². The van der Waals surface area contributed by atoms with E-state index in [0.717, 1.165) is 24.8 Å². The van der Waals surface area contributed by atoms with Crippen molar-refractivity contribution in [3.8, 4) is 0 Å². The summed E-state index contributed by atoms with van der Waals surface area (Å²) in [5.41, 5.74) is 0. The fourth-order valence-corrected chi connectivity index (χ4v) is 2.47. The van der Waals surface area contributed by atoms with Crippen LogP contribution in [0.15, 0.2) is 18.3 Å². The zero-order valence-electron chi connectivity index (χ0n) is 9.82. The predicted molar refractivity (Wildman–Crippen MR) is 69.1 cm³/mol. The lowest BCUT2D eigenvalue weighted by Gasteiger charge is -2.21. The van der Waals surface area contributed by atoms with E-state index < -0.39 is 0 Å². The van der Waals surface area contributed by atoms with Gasteiger partial charge < -0.3 is 4.90 Å². The molecule has 1 fully saturated rings. The lowest BCUT2D eigenvalue weighted by Crippen LogP contribution is -2.25. The second-order valence-electron chi connectivity index (χ2n) is 4.53. The molecule has 0 N–H and O–H groups in total. The van der Waals surface area contributed by atoms with Gasteiger partial charge in [-0.1, -0.05) is 24.9 Å². The van der Waals surface area contributed by atoms with E-state index in [9.17, 15) is 0 Å². The molecule has 16 heavy (non-hydrogen) atoms. The molecule has 2 nitrogen and oxygen atoms in total. The summed E-state index contributed by atoms with van der Waals surface area (Å²) in [6.45, 7) is 4.55. The van der Waals surface area contributed by atoms with Crippen molar-refractivity contribution >= 4 is 17.4 Å². The Morgan fingerprint density at radius 3 is 2.94 bits per heavy atom. The summed E-state index contributed by atoms with van der Waals surface area (Å²) in [6, 6.07) is 3.95. The predicted octanol–water partition coefficient (Wildman–Crippen LogP) is 3.75. The van der Waals surface area contributed by atoms with Crippen LogP contribution in [0.1, 0.15) is 32.6 Å². The highest BCUT2D eigenvalue weighted by Crippen LogP contribution is 2.23. The number of hydrogen-bond donors (Lipinski definition) is 0. The quantitative estimate of drug-likeness (QED) is 0.780. The Morgan fingerprint density at radius 1 is 1.38 bits per heavy atom. The maximum absolute atomic E-state index is 5.85. The first-order chi connectivity index (χ1) is 7.79. The molecule has 1 aliphatic rings. The SMILES string of the molecule is CCC1CCCN(c2ccc(Cl)cn2)CC1. The molecule has 0 radical (unpaired) electrons. The average Bonchev–Trinajstić information content (AvgIpc) is 2.55. The summed E-state index contributed by atoms with van der Waals surface area (Å²) in [4.78, 5) is 6.77. The van der Waals surface area contributed by atoms with Gasteiger partial charge in [0.2, 0.25) is 0 Å². The van der Waals surface area contributed by atoms with Crippen molar-refractivity contribution in [2.45, 2.75) is 32.6 Å². The molecular formula is C13H19ClN2. The van der Waals surface area contributed by atoms with E-state index >= 15 is 0 Å². The van der Waals surface area contributed by atoms with Crippen LogP contribution in [0, 0.1) is 5.92 Å². The third-order valence-electron chi connectivity index (χ3n) is 3.46. The lowest BCUT2D eigenvalue weighted by molar-refractivity contribution is 0.459. The molecule has 0 bridgehead atoms. The summed E-state index contributed by atoms with van der Waals surface area (Å²) in [5.74, 6) is 1.97. The van der Waals surface area contributed by atoms with Crippen LogP contribution in [0.4, 0.5) is 5.82 Å². The van der Waals surface area contributed by atoms with Gasteiger partial charge in [-0.2, -0.15) is 0 Å². The molecule has 0 spiro atoms. The Hall–Kier alpha value is -0.760. The standard InChI is InChI=1S/C13H19ClN2/c1-2-11-4-3-8-16(9-7-11)13-6-5-12(14)10-15-13/h5-6,10-11H,2-4,7-9H2,1H3. The molecule has 2 rings (SSSR count). The van der Waals surface area contributed by atoms with Gasteiger partial charge in [0.1, 0.15) is 5.82 Å². The molecule has 88 valence electrons. The van der Waals surface area contributed by atoms with Crippen molar-refractivity contribution in [2.24, 2.45) is 5.92 Å². The van der Waals surface area contributed by atoms with E-state index in [1.807, 2.05) is 12.1 Å². The minimum absolute atomic E-state index is 0.713. The van der Waals surface area contributed by atoms with Gasteiger partial charge in [0.25, 0.3) is 0 Å². The van der Waals surface area contributed by atoms with E-state index in [0.29, 0.717) is 5.02 Å². The van der Waals surface area contributed by atoms with E-state index in [1.54, 1.807) is 6.20 Å². The Balaban J connectivity index is 2.02. The number of rotatable bonds is 2. The number of anilines is 1. The van der Waals surface area contributed by atoms with E-state index in [-0.39, 0.29) is 0 Å². The second kappa shape index (κ2) is 5.53. The van der Waals surface area contributed by atoms with Crippen LogP contribution in [0.3, 0.4) is 0 Å². The van der Waals surface area contributed by atoms with Gasteiger partial charge in [0, 0.05) is 19.3 Å². The summed E-state index contributed by atoms with van der Waals surface area (Å²) in [7, 11) is 0. The van der Waals surface area contributed by atoms with Crippen LogP contribution in [-0.2, 0) is 0 Å². The van der Waals surface area contributed by atoms with Gasteiger partial charge in [0.15, 0.2) is 0 Å². The zero-order chi connectivity index (χ0) is 11.4. The minimum atomic E-state index is 0.713. The molecule has 0 saturated carbocycles. The molecule has 0 aromatic carbocycles. The first kappa shape index (κ1) is 11.7. The third-order valence-corrected chi connectivity index (χ3v) is 3.68. The first-order valence-corrected chi connectivity index (χ1v) is 6.54. The second-order valence-corrected chi connectivity index (χ2v) is 4.96. The normalized spacial score (nSPS) is 21.9. The summed E-state index contributed by atoms with van der Waals surface area (Å²) < 4.78 is 0. The first-order valence-electron chi connectivity index (χ1n) is 6.16. The summed E-state index contributed by atoms with van der Waals surface area (Å²) in [5, 5.41) is 0.713. The van der Waals surface area contributed by atoms with Crippen molar-refractivity contribution in [1.29, 1.82) is 0 Å². The van der Waals surface area contributed by atoms with Gasteiger partial charge >= 0.3 is 0 Å². The molecule has 1 aromatic rings. The molecular weight excluding hydrogens is 220 g/mol. The van der Waals surface area contributed by atoms with Crippen molar-refractivity contribution < 1.29 is 0 Å². The van der Waals surface area contributed by atoms with Crippen LogP contribution in [0.2, 0.25) is 5.02 Å². The minimum Gasteiger partial charge on any atom is -0.357 e. The maximum atomic E-state index is 5.85. The monoisotopic (exact) mass is 238 g/mol. The third kappa shape index (κ3) is 2.88. The van der Waals surface area contributed by atoms with Crippen molar-refractivity contribution in [3.63, 3.8) is 0 Å². The molecule has 0 aliphatic carbocycles. The van der Waals surface area contributed by atoms with E-state index in [4.69, 9.17) is 11.6 Å². The van der Waals surface area contributed by atoms with E-state index in [2.05, 4.69) is 16.8 Å². The topological polar surface area (TPSA) is 16.1 Å². The molecule has 1 saturated heterocycles. The molecule has 1 unspecified atom stereocenters. The molecule has 3 heteroatoms. The number of hydrogen-bond acceptors (Lipinski definition) is 2. The van der Waals surface area contributed by atoms with Gasteiger partial charge in [-0.15, -0.1) is 0 Å². The highest BCUT2D eigenvalue weighted by atomic mass is 35.5. The fraction of sp³-hybridized carbons (Fsp3) is 0.615. The van der Waals surface area contributed by atoms with Crippen LogP contribution in [-0.4, -0.2) is 18.1 Å². The molecule has 2 heterocycles. The summed E-state index contributed by atoms with van der Waals surface area (Å²) in [6.07, 6.45) is 6.98. The van der Waals surface area contributed by atoms with E-state index in [1.165, 1.54) is 25.7 Å². The molecule has 0 amide bonds. The highest BCUT2D eigenvalue weighted by molar-refractivity contribution is 6.30. The van der Waals surface area contributed by atoms with Crippen LogP contribution in [0.25, 0.3) is 0 Å². The fourth-order valence-electron chi connectivity index (χ4n) is 2.36. The Kier molecular flexibility index (Phi) is 4.05. The van der Waals surface area contributed by atoms with Gasteiger partial charge in [-0.25, -0.2) is 4.98 Å². The molecule has 1 aliphatic heterocycles. The van der Waals surface area contributed by atoms with Crippen LogP contribution < -0.4 is 4.90 Å². The van der Waals surface area contributed by atoms with Gasteiger partial charge in [-0.05, 0) is 37.3 Å². The largest absolute Gasteiger partial charge is 0.357 e. The Morgan fingerprint density at radius 2 is 2.25 bits per heavy atom. The van der Waals surface area contributed by atoms with Gasteiger partial charge in [-0.3, -0.25) is 0 Å². The lowest BCUT2D eigenvalue weighted by atomic mass is 9.98. The van der Waals surface area contributed by atoms with Crippen molar-refractivity contribution in [2.75, 3.05) is 18.0 Å². The highest BCUT2D eigenvalue weighted by Gasteiger charge is 2.16. The molecule has 1 aromatic heterocycles. The average molecular weight is 239 g/mol. The van der Waals surface area contributed by atoms with Crippen LogP contribution in [0.5, 0.6) is 0 Å². The van der Waals surface area contributed by atoms with Gasteiger partial charge in [0.05, 0.1) is 5.02 Å². The van der Waals surface area contributed by atoms with Crippen molar-refractivity contribution in [1.82, 2.24) is 4.98 Å².